The topological polar surface area (TPSA) is 91.4 Å². The molecule has 2 atom stereocenters. The maximum Gasteiger partial charge on any atom is 0.421 e. The monoisotopic (exact) mass is 493 g/mol. The summed E-state index contributed by atoms with van der Waals surface area (Å²) < 4.78 is 81.9. The number of nitrogens with one attached hydrogen (secondary N) is 1. The number of halogens is 6. The number of hydrogen-bond acceptors (Lipinski definition) is 6. The molecular formula is C20H21F6N5O3. The van der Waals surface area contributed by atoms with Crippen molar-refractivity contribution in [2.75, 3.05) is 24.6 Å². The molecule has 34 heavy (non-hydrogen) atoms. The second-order valence-electron chi connectivity index (χ2n) is 7.89. The molecule has 0 unspecified atom stereocenters. The minimum atomic E-state index is -4.80. The summed E-state index contributed by atoms with van der Waals surface area (Å²) in [5, 5.41) is 0. The van der Waals surface area contributed by atoms with Crippen molar-refractivity contribution in [2.45, 2.75) is 44.7 Å². The molecule has 0 saturated carbocycles. The first kappa shape index (κ1) is 25.3. The normalized spacial score (nSPS) is 19.3. The van der Waals surface area contributed by atoms with E-state index in [0.29, 0.717) is 18.5 Å². The molecule has 0 aromatic carbocycles. The fourth-order valence-corrected chi connectivity index (χ4v) is 3.69. The fraction of sp³-hybridized carbons (Fsp3) is 0.500. The average Bonchev–Trinajstić information content (AvgIpc) is 2.73. The van der Waals surface area contributed by atoms with Crippen LogP contribution in [0.2, 0.25) is 0 Å². The Hall–Kier alpha value is -3.32. The van der Waals surface area contributed by atoms with Crippen LogP contribution in [0.25, 0.3) is 0 Å². The van der Waals surface area contributed by atoms with Crippen molar-refractivity contribution in [3.63, 3.8) is 0 Å². The Morgan fingerprint density at radius 3 is 2.21 bits per heavy atom. The van der Waals surface area contributed by atoms with Crippen LogP contribution in [0.3, 0.4) is 0 Å². The highest BCUT2D eigenvalue weighted by Gasteiger charge is 2.36. The zero-order valence-electron chi connectivity index (χ0n) is 18.1. The van der Waals surface area contributed by atoms with Gasteiger partial charge in [0.25, 0.3) is 5.56 Å². The van der Waals surface area contributed by atoms with Crippen molar-refractivity contribution in [3.05, 3.63) is 51.7 Å². The molecule has 3 rings (SSSR count). The van der Waals surface area contributed by atoms with Crippen molar-refractivity contribution in [2.24, 2.45) is 0 Å². The van der Waals surface area contributed by atoms with Crippen LogP contribution in [0.1, 0.15) is 30.5 Å². The first-order valence-electron chi connectivity index (χ1n) is 10.2. The van der Waals surface area contributed by atoms with Crippen molar-refractivity contribution in [3.8, 4) is 0 Å². The number of carbonyl (C=O) groups is 1. The van der Waals surface area contributed by atoms with Crippen LogP contribution in [0, 0.1) is 0 Å². The number of nitrogens with zero attached hydrogens (tertiary/aromatic N) is 4. The number of hydrogen-bond donors (Lipinski definition) is 1. The number of ether oxygens (including phenoxy) is 1. The van der Waals surface area contributed by atoms with Gasteiger partial charge in [0.1, 0.15) is 5.56 Å². The Kier molecular flexibility index (Phi) is 7.07. The van der Waals surface area contributed by atoms with E-state index in [0.717, 1.165) is 6.20 Å². The van der Waals surface area contributed by atoms with E-state index in [1.54, 1.807) is 18.7 Å². The number of amides is 1. The van der Waals surface area contributed by atoms with Crippen LogP contribution >= 0.6 is 0 Å². The van der Waals surface area contributed by atoms with Gasteiger partial charge in [0, 0.05) is 38.1 Å². The predicted octanol–water partition coefficient (Wildman–Crippen LogP) is 3.48. The van der Waals surface area contributed by atoms with E-state index in [2.05, 4.69) is 9.97 Å². The van der Waals surface area contributed by atoms with E-state index >= 15 is 0 Å². The number of aromatic amines is 1. The summed E-state index contributed by atoms with van der Waals surface area (Å²) in [6.45, 7) is 3.68. The van der Waals surface area contributed by atoms with Crippen molar-refractivity contribution in [1.82, 2.24) is 19.9 Å². The molecule has 0 spiro atoms. The zero-order valence-corrected chi connectivity index (χ0v) is 18.1. The SMILES string of the molecule is C[C@@H]1CN(c2ncc(C(F)(F)F)cn2)C[C@H](C)N1C(=O)OCCc1c[nH]c(=O)c(C(F)(F)F)c1. The summed E-state index contributed by atoms with van der Waals surface area (Å²) in [6.07, 6.45) is -7.58. The molecule has 1 saturated heterocycles. The summed E-state index contributed by atoms with van der Waals surface area (Å²) in [5.74, 6) is 0.0956. The van der Waals surface area contributed by atoms with Gasteiger partial charge in [-0.05, 0) is 25.5 Å². The first-order chi connectivity index (χ1) is 15.8. The third-order valence-corrected chi connectivity index (χ3v) is 5.26. The molecule has 1 amide bonds. The lowest BCUT2D eigenvalue weighted by Crippen LogP contribution is -2.59. The molecule has 186 valence electrons. The molecule has 0 aliphatic carbocycles. The van der Waals surface area contributed by atoms with Gasteiger partial charge in [0.15, 0.2) is 0 Å². The lowest BCUT2D eigenvalue weighted by molar-refractivity contribution is -0.139. The van der Waals surface area contributed by atoms with E-state index in [9.17, 15) is 35.9 Å². The maximum absolute atomic E-state index is 12.9. The molecule has 0 bridgehead atoms. The minimum absolute atomic E-state index is 0.0479. The Morgan fingerprint density at radius 2 is 1.68 bits per heavy atom. The molecule has 1 fully saturated rings. The summed E-state index contributed by atoms with van der Waals surface area (Å²) in [6, 6.07) is -0.111. The zero-order chi connectivity index (χ0) is 25.3. The number of anilines is 1. The smallest absolute Gasteiger partial charge is 0.421 e. The predicted molar refractivity (Wildman–Crippen MR) is 107 cm³/mol. The Labute approximate surface area is 189 Å². The minimum Gasteiger partial charge on any atom is -0.449 e. The van der Waals surface area contributed by atoms with Gasteiger partial charge < -0.3 is 14.6 Å². The van der Waals surface area contributed by atoms with E-state index < -0.39 is 47.2 Å². The van der Waals surface area contributed by atoms with Gasteiger partial charge in [0.05, 0.1) is 24.3 Å². The Balaban J connectivity index is 1.58. The highest BCUT2D eigenvalue weighted by molar-refractivity contribution is 5.69. The molecule has 1 aliphatic rings. The number of alkyl halides is 6. The highest BCUT2D eigenvalue weighted by atomic mass is 19.4. The molecular weight excluding hydrogens is 472 g/mol. The Bertz CT molecular complexity index is 1060. The molecule has 1 N–H and O–H groups in total. The fourth-order valence-electron chi connectivity index (χ4n) is 3.69. The van der Waals surface area contributed by atoms with Gasteiger partial charge in [-0.1, -0.05) is 0 Å². The number of aromatic nitrogens is 3. The van der Waals surface area contributed by atoms with E-state index in [4.69, 9.17) is 4.74 Å². The molecule has 0 radical (unpaired) electrons. The second-order valence-corrected chi connectivity index (χ2v) is 7.89. The molecule has 3 heterocycles. The van der Waals surface area contributed by atoms with Gasteiger partial charge in [-0.25, -0.2) is 14.8 Å². The second kappa shape index (κ2) is 9.50. The standard InChI is InChI=1S/C20H21F6N5O3/c1-11-9-30(17-28-7-14(8-29-17)19(21,22)23)10-12(2)31(11)18(33)34-4-3-13-5-15(20(24,25)26)16(32)27-6-13/h5-8,11-12H,3-4,9-10H2,1-2H3,(H,27,32)/t11-,12+. The van der Waals surface area contributed by atoms with E-state index in [1.165, 1.54) is 4.90 Å². The molecule has 2 aromatic rings. The third kappa shape index (κ3) is 5.78. The van der Waals surface area contributed by atoms with E-state index in [-0.39, 0.29) is 37.6 Å². The third-order valence-electron chi connectivity index (χ3n) is 5.26. The van der Waals surface area contributed by atoms with Crippen molar-refractivity contribution in [1.29, 1.82) is 0 Å². The van der Waals surface area contributed by atoms with Gasteiger partial charge in [-0.3, -0.25) is 9.69 Å². The summed E-state index contributed by atoms with van der Waals surface area (Å²) in [7, 11) is 0. The van der Waals surface area contributed by atoms with Crippen LogP contribution in [-0.2, 0) is 23.5 Å². The highest BCUT2D eigenvalue weighted by Crippen LogP contribution is 2.29. The summed E-state index contributed by atoms with van der Waals surface area (Å²) >= 11 is 0. The first-order valence-corrected chi connectivity index (χ1v) is 10.2. The lowest BCUT2D eigenvalue weighted by atomic mass is 10.1. The number of rotatable bonds is 4. The molecule has 2 aromatic heterocycles. The van der Waals surface area contributed by atoms with Crippen molar-refractivity contribution < 1.29 is 35.9 Å². The van der Waals surface area contributed by atoms with Gasteiger partial charge in [-0.2, -0.15) is 26.3 Å². The summed E-state index contributed by atoms with van der Waals surface area (Å²) in [5.41, 5.74) is -3.42. The van der Waals surface area contributed by atoms with Gasteiger partial charge in [0.2, 0.25) is 5.95 Å². The Morgan fingerprint density at radius 1 is 1.09 bits per heavy atom. The quantitative estimate of drug-likeness (QED) is 0.656. The van der Waals surface area contributed by atoms with Gasteiger partial charge in [-0.15, -0.1) is 0 Å². The van der Waals surface area contributed by atoms with Crippen LogP contribution in [0.15, 0.2) is 29.5 Å². The lowest BCUT2D eigenvalue weighted by Gasteiger charge is -2.43. The number of H-pyrrole nitrogens is 1. The van der Waals surface area contributed by atoms with Crippen molar-refractivity contribution >= 4 is 12.0 Å². The molecule has 8 nitrogen and oxygen atoms in total. The van der Waals surface area contributed by atoms with Crippen LogP contribution in [-0.4, -0.2) is 57.7 Å². The number of pyridine rings is 1. The largest absolute Gasteiger partial charge is 0.449 e. The summed E-state index contributed by atoms with van der Waals surface area (Å²) in [4.78, 5) is 36.6. The van der Waals surface area contributed by atoms with Crippen LogP contribution in [0.5, 0.6) is 0 Å². The van der Waals surface area contributed by atoms with Crippen LogP contribution in [0.4, 0.5) is 37.1 Å². The molecule has 1 aliphatic heterocycles. The van der Waals surface area contributed by atoms with Crippen LogP contribution < -0.4 is 10.5 Å². The average molecular weight is 493 g/mol. The number of carbonyl (C=O) groups excluding carboxylic acids is 1. The number of piperazine rings is 1. The van der Waals surface area contributed by atoms with Gasteiger partial charge >= 0.3 is 18.4 Å². The maximum atomic E-state index is 12.9. The van der Waals surface area contributed by atoms with E-state index in [1.807, 2.05) is 4.98 Å². The molecule has 14 heteroatoms.